The summed E-state index contributed by atoms with van der Waals surface area (Å²) in [7, 11) is -1.16. The van der Waals surface area contributed by atoms with Gasteiger partial charge in [0.1, 0.15) is 23.2 Å². The van der Waals surface area contributed by atoms with Crippen molar-refractivity contribution < 1.29 is 18.6 Å². The van der Waals surface area contributed by atoms with E-state index in [0.717, 1.165) is 61.3 Å². The van der Waals surface area contributed by atoms with E-state index in [1.54, 1.807) is 30.4 Å². The van der Waals surface area contributed by atoms with Gasteiger partial charge < -0.3 is 18.8 Å². The summed E-state index contributed by atoms with van der Waals surface area (Å²) in [5, 5.41) is 0.334. The van der Waals surface area contributed by atoms with E-state index in [4.69, 9.17) is 30.8 Å². The highest BCUT2D eigenvalue weighted by Crippen LogP contribution is 2.49. The van der Waals surface area contributed by atoms with Crippen LogP contribution in [0.2, 0.25) is 30.7 Å². The summed E-state index contributed by atoms with van der Waals surface area (Å²) in [6.45, 7) is 14.8. The molecule has 0 fully saturated rings. The van der Waals surface area contributed by atoms with Crippen LogP contribution in [0, 0.1) is 5.82 Å². The summed E-state index contributed by atoms with van der Waals surface area (Å²) in [6, 6.07) is 13.9. The van der Waals surface area contributed by atoms with Crippen molar-refractivity contribution in [3.63, 3.8) is 0 Å². The lowest BCUT2D eigenvalue weighted by Crippen LogP contribution is -2.32. The van der Waals surface area contributed by atoms with E-state index in [1.165, 1.54) is 22.0 Å². The van der Waals surface area contributed by atoms with Gasteiger partial charge in [-0.3, -0.25) is 4.90 Å². The molecule has 2 aromatic heterocycles. The molecule has 2 aromatic carbocycles. The number of ether oxygens (including phenoxy) is 3. The second-order valence-electron chi connectivity index (χ2n) is 12.7. The van der Waals surface area contributed by atoms with Crippen molar-refractivity contribution >= 4 is 46.9 Å². The normalized spacial score (nSPS) is 18.9. The Hall–Kier alpha value is -2.69. The van der Waals surface area contributed by atoms with E-state index in [-0.39, 0.29) is 0 Å². The van der Waals surface area contributed by atoms with Crippen molar-refractivity contribution in [2.75, 3.05) is 19.7 Å². The minimum absolute atomic E-state index is 0.314. The number of hydrogen-bond acceptors (Lipinski definition) is 6. The zero-order chi connectivity index (χ0) is 30.4. The lowest BCUT2D eigenvalue weighted by molar-refractivity contribution is -0.0708. The van der Waals surface area contributed by atoms with Gasteiger partial charge in [-0.25, -0.2) is 9.37 Å². The van der Waals surface area contributed by atoms with Gasteiger partial charge in [-0.15, -0.1) is 11.3 Å². The number of thiophene rings is 1. The first-order valence-corrected chi connectivity index (χ1v) is 19.9. The Bertz CT molecular complexity index is 1680. The fraction of sp³-hybridized carbons (Fsp3) is 0.424. The smallest absolute Gasteiger partial charge is 0.278 e. The molecular weight excluding hydrogens is 601 g/mol. The molecule has 2 aliphatic rings. The molecule has 43 heavy (non-hydrogen) atoms. The number of rotatable bonds is 10. The quantitative estimate of drug-likeness (QED) is 0.128. The average Bonchev–Trinajstić information content (AvgIpc) is 3.61. The van der Waals surface area contributed by atoms with Crippen LogP contribution >= 0.6 is 22.9 Å². The van der Waals surface area contributed by atoms with Gasteiger partial charge >= 0.3 is 0 Å². The van der Waals surface area contributed by atoms with Gasteiger partial charge in [-0.1, -0.05) is 56.4 Å². The highest BCUT2D eigenvalue weighted by atomic mass is 35.5. The molecular formula is C33H39ClFN3O3SSi. The summed E-state index contributed by atoms with van der Waals surface area (Å²) in [6.07, 6.45) is 4.13. The van der Waals surface area contributed by atoms with Crippen LogP contribution < -0.4 is 9.47 Å². The Morgan fingerprint density at radius 1 is 1.16 bits per heavy atom. The van der Waals surface area contributed by atoms with Crippen molar-refractivity contribution in [2.45, 2.75) is 71.4 Å². The largest absolute Gasteiger partial charge is 0.444 e. The molecule has 0 amide bonds. The summed E-state index contributed by atoms with van der Waals surface area (Å²) >= 11 is 7.76. The van der Waals surface area contributed by atoms with Crippen LogP contribution in [0.4, 0.5) is 4.39 Å². The number of para-hydroxylation sites is 1. The lowest BCUT2D eigenvalue weighted by atomic mass is 9.98. The molecule has 0 bridgehead atoms. The summed E-state index contributed by atoms with van der Waals surface area (Å²) in [4.78, 5) is 9.91. The lowest BCUT2D eigenvalue weighted by Gasteiger charge is -2.27. The molecule has 6 rings (SSSR count). The van der Waals surface area contributed by atoms with E-state index in [0.29, 0.717) is 28.8 Å². The molecule has 0 unspecified atom stereocenters. The third kappa shape index (κ3) is 6.42. The minimum Gasteiger partial charge on any atom is -0.444 e. The maximum atomic E-state index is 14.8. The number of imidazole rings is 1. The van der Waals surface area contributed by atoms with E-state index in [2.05, 4.69) is 54.2 Å². The number of fused-ring (bicyclic) bond motifs is 2. The maximum absolute atomic E-state index is 14.8. The van der Waals surface area contributed by atoms with Crippen LogP contribution in [0.15, 0.2) is 48.5 Å². The molecule has 4 aromatic rings. The standard InChI is InChI=1S/C33H39ClFN3O3SSi/c1-6-24-19-28-32(42-24)36-30(38(28)21-39-16-17-43(3,4)5)20-37-14-12-22(13-15-37)25-8-7-9-29-31(25)41-33(2,40-29)26-11-10-23(34)18-27(26)35/h7-12,18-19H,6,13-17,20-21H2,1-5H3/t33-/m1/s1. The highest BCUT2D eigenvalue weighted by Gasteiger charge is 2.42. The Morgan fingerprint density at radius 2 is 2.00 bits per heavy atom. The first-order valence-electron chi connectivity index (χ1n) is 15.0. The zero-order valence-electron chi connectivity index (χ0n) is 25.5. The van der Waals surface area contributed by atoms with Crippen LogP contribution in [0.25, 0.3) is 15.9 Å². The summed E-state index contributed by atoms with van der Waals surface area (Å²) < 4.78 is 35.8. The van der Waals surface area contributed by atoms with Gasteiger partial charge in [0.15, 0.2) is 11.5 Å². The predicted octanol–water partition coefficient (Wildman–Crippen LogP) is 8.70. The first kappa shape index (κ1) is 30.3. The Labute approximate surface area is 263 Å². The van der Waals surface area contributed by atoms with Crippen LogP contribution in [-0.4, -0.2) is 42.2 Å². The Kier molecular flexibility index (Phi) is 8.47. The number of hydrogen-bond donors (Lipinski definition) is 0. The SMILES string of the molecule is CCc1cc2c(nc(CN3CC=C(c4cccc5c4O[C@](C)(c4ccc(Cl)cc4F)O5)CC3)n2COCC[Si](C)(C)C)s1. The maximum Gasteiger partial charge on any atom is 0.278 e. The van der Waals surface area contributed by atoms with E-state index in [1.807, 2.05) is 12.1 Å². The molecule has 0 spiro atoms. The van der Waals surface area contributed by atoms with Crippen molar-refractivity contribution in [1.82, 2.24) is 14.5 Å². The monoisotopic (exact) mass is 639 g/mol. The van der Waals surface area contributed by atoms with Crippen molar-refractivity contribution in [2.24, 2.45) is 0 Å². The van der Waals surface area contributed by atoms with E-state index in [9.17, 15) is 4.39 Å². The second-order valence-corrected chi connectivity index (χ2v) is 19.9. The molecule has 4 heterocycles. The van der Waals surface area contributed by atoms with Crippen LogP contribution in [0.1, 0.15) is 42.1 Å². The fourth-order valence-corrected chi connectivity index (χ4v) is 7.53. The average molecular weight is 640 g/mol. The molecule has 0 N–H and O–H groups in total. The van der Waals surface area contributed by atoms with Gasteiger partial charge in [0.2, 0.25) is 0 Å². The van der Waals surface area contributed by atoms with Gasteiger partial charge in [0.05, 0.1) is 17.6 Å². The van der Waals surface area contributed by atoms with Gasteiger partial charge in [-0.2, -0.15) is 0 Å². The highest BCUT2D eigenvalue weighted by molar-refractivity contribution is 7.18. The molecule has 2 aliphatic heterocycles. The van der Waals surface area contributed by atoms with Gasteiger partial charge in [0.25, 0.3) is 5.79 Å². The summed E-state index contributed by atoms with van der Waals surface area (Å²) in [5.74, 6) is 0.583. The van der Waals surface area contributed by atoms with Gasteiger partial charge in [-0.05, 0) is 54.8 Å². The molecule has 1 atom stereocenters. The first-order chi connectivity index (χ1) is 20.5. The van der Waals surface area contributed by atoms with Crippen molar-refractivity contribution in [3.8, 4) is 11.5 Å². The minimum atomic E-state index is -1.27. The molecule has 6 nitrogen and oxygen atoms in total. The van der Waals surface area contributed by atoms with E-state index >= 15 is 0 Å². The second kappa shape index (κ2) is 12.0. The number of aryl methyl sites for hydroxylation is 1. The van der Waals surface area contributed by atoms with Gasteiger partial charge in [0, 0.05) is 50.2 Å². The topological polar surface area (TPSA) is 48.8 Å². The number of aromatic nitrogens is 2. The molecule has 0 saturated carbocycles. The predicted molar refractivity (Wildman–Crippen MR) is 175 cm³/mol. The Morgan fingerprint density at radius 3 is 2.72 bits per heavy atom. The molecule has 0 saturated heterocycles. The molecule has 0 aliphatic carbocycles. The van der Waals surface area contributed by atoms with E-state index < -0.39 is 19.7 Å². The molecule has 228 valence electrons. The van der Waals surface area contributed by atoms with Crippen LogP contribution in [0.5, 0.6) is 11.5 Å². The number of nitrogens with zero attached hydrogens (tertiary/aromatic N) is 3. The summed E-state index contributed by atoms with van der Waals surface area (Å²) in [5.41, 5.74) is 3.67. The van der Waals surface area contributed by atoms with Crippen molar-refractivity contribution in [1.29, 1.82) is 0 Å². The number of halogens is 2. The molecule has 0 radical (unpaired) electrons. The van der Waals surface area contributed by atoms with Crippen LogP contribution in [-0.2, 0) is 30.2 Å². The zero-order valence-corrected chi connectivity index (χ0v) is 28.1. The fourth-order valence-electron chi connectivity index (χ4n) is 5.63. The third-order valence-corrected chi connectivity index (χ3v) is 11.2. The Balaban J connectivity index is 1.17. The number of benzene rings is 2. The van der Waals surface area contributed by atoms with Crippen LogP contribution in [0.3, 0.4) is 0 Å². The molecule has 10 heteroatoms. The third-order valence-electron chi connectivity index (χ3n) is 8.15. The van der Waals surface area contributed by atoms with Crippen molar-refractivity contribution in [3.05, 3.63) is 81.2 Å².